The van der Waals surface area contributed by atoms with Crippen LogP contribution in [0.1, 0.15) is 32.6 Å². The number of hydrogen-bond donors (Lipinski definition) is 1. The third-order valence-electron chi connectivity index (χ3n) is 2.83. The Morgan fingerprint density at radius 2 is 2.12 bits per heavy atom. The molecular weight excluding hydrogens is 208 g/mol. The van der Waals surface area contributed by atoms with Crippen LogP contribution in [0.5, 0.6) is 0 Å². The number of carbonyl (C=O) groups is 2. The highest BCUT2D eigenvalue weighted by Crippen LogP contribution is 2.18. The van der Waals surface area contributed by atoms with Crippen molar-refractivity contribution in [1.82, 2.24) is 4.90 Å². The predicted molar refractivity (Wildman–Crippen MR) is 60.0 cm³/mol. The third-order valence-corrected chi connectivity index (χ3v) is 2.83. The number of likely N-dealkylation sites (tertiary alicyclic amines) is 1. The molecule has 1 fully saturated rings. The Labute approximate surface area is 95.9 Å². The summed E-state index contributed by atoms with van der Waals surface area (Å²) in [5, 5.41) is 0. The fourth-order valence-electron chi connectivity index (χ4n) is 2.00. The van der Waals surface area contributed by atoms with Crippen molar-refractivity contribution < 1.29 is 14.3 Å². The smallest absolute Gasteiger partial charge is 0.410 e. The minimum absolute atomic E-state index is 0.0133. The summed E-state index contributed by atoms with van der Waals surface area (Å²) in [6.07, 6.45) is 3.25. The number of hydrogen-bond acceptors (Lipinski definition) is 4. The van der Waals surface area contributed by atoms with Gasteiger partial charge in [0.15, 0.2) is 5.78 Å². The summed E-state index contributed by atoms with van der Waals surface area (Å²) in [4.78, 5) is 24.9. The van der Waals surface area contributed by atoms with Gasteiger partial charge in [0.25, 0.3) is 0 Å². The number of ketones is 1. The van der Waals surface area contributed by atoms with Gasteiger partial charge in [0.1, 0.15) is 0 Å². The van der Waals surface area contributed by atoms with E-state index in [9.17, 15) is 9.59 Å². The second-order valence-electron chi connectivity index (χ2n) is 3.93. The summed E-state index contributed by atoms with van der Waals surface area (Å²) in [6.45, 7) is 2.67. The summed E-state index contributed by atoms with van der Waals surface area (Å²) in [5.74, 6) is -0.0741. The van der Waals surface area contributed by atoms with Crippen LogP contribution in [-0.2, 0) is 9.53 Å². The molecule has 1 aliphatic heterocycles. The molecular formula is C11H20N2O3. The number of Topliss-reactive ketones (excluding diaryl/α,β-unsaturated/α-hetero) is 1. The van der Waals surface area contributed by atoms with Gasteiger partial charge < -0.3 is 10.5 Å². The molecule has 5 nitrogen and oxygen atoms in total. The average Bonchev–Trinajstić information content (AvgIpc) is 2.53. The number of ether oxygens (including phenoxy) is 1. The molecule has 1 amide bonds. The lowest BCUT2D eigenvalue weighted by atomic mass is 10.1. The van der Waals surface area contributed by atoms with Crippen molar-refractivity contribution >= 4 is 11.9 Å². The molecule has 1 unspecified atom stereocenters. The lowest BCUT2D eigenvalue weighted by Crippen LogP contribution is -2.47. The highest BCUT2D eigenvalue weighted by molar-refractivity contribution is 5.88. The lowest BCUT2D eigenvalue weighted by molar-refractivity contribution is -0.122. The van der Waals surface area contributed by atoms with E-state index in [0.717, 1.165) is 19.3 Å². The van der Waals surface area contributed by atoms with E-state index in [1.807, 2.05) is 0 Å². The fourth-order valence-corrected chi connectivity index (χ4v) is 2.00. The van der Waals surface area contributed by atoms with E-state index in [2.05, 4.69) is 0 Å². The number of carbonyl (C=O) groups excluding carboxylic acids is 2. The first kappa shape index (κ1) is 13.0. The van der Waals surface area contributed by atoms with Crippen molar-refractivity contribution in [2.24, 2.45) is 5.73 Å². The molecule has 0 aliphatic carbocycles. The number of nitrogens with zero attached hydrogens (tertiary/aromatic N) is 1. The summed E-state index contributed by atoms with van der Waals surface area (Å²) in [7, 11) is 0. The van der Waals surface area contributed by atoms with E-state index in [1.165, 1.54) is 4.90 Å². The Morgan fingerprint density at radius 1 is 1.38 bits per heavy atom. The maximum atomic E-state index is 11.7. The van der Waals surface area contributed by atoms with E-state index >= 15 is 0 Å². The topological polar surface area (TPSA) is 72.6 Å². The molecule has 1 aliphatic rings. The van der Waals surface area contributed by atoms with Crippen LogP contribution in [-0.4, -0.2) is 42.5 Å². The van der Waals surface area contributed by atoms with Crippen molar-refractivity contribution in [2.75, 3.05) is 19.7 Å². The predicted octanol–water partition coefficient (Wildman–Crippen LogP) is 0.915. The van der Waals surface area contributed by atoms with Gasteiger partial charge in [0.2, 0.25) is 0 Å². The molecule has 0 spiro atoms. The van der Waals surface area contributed by atoms with Gasteiger partial charge in [-0.1, -0.05) is 12.8 Å². The van der Waals surface area contributed by atoms with Crippen molar-refractivity contribution in [3.8, 4) is 0 Å². The quantitative estimate of drug-likeness (QED) is 0.779. The van der Waals surface area contributed by atoms with E-state index < -0.39 is 6.09 Å². The molecule has 1 saturated heterocycles. The van der Waals surface area contributed by atoms with Crippen LogP contribution >= 0.6 is 0 Å². The number of rotatable bonds is 3. The molecule has 0 bridgehead atoms. The Bertz CT molecular complexity index is 256. The second-order valence-corrected chi connectivity index (χ2v) is 3.93. The van der Waals surface area contributed by atoms with Gasteiger partial charge in [-0.15, -0.1) is 0 Å². The molecule has 0 aromatic rings. The highest BCUT2D eigenvalue weighted by Gasteiger charge is 2.30. The molecule has 0 radical (unpaired) electrons. The Morgan fingerprint density at radius 3 is 2.75 bits per heavy atom. The Hall–Kier alpha value is -1.10. The standard InChI is InChI=1S/C11H20N2O3/c1-2-16-11(15)13-7-5-3-4-6-9(13)10(14)8-12/h9H,2-8,12H2,1H3. The Kier molecular flexibility index (Phi) is 5.25. The zero-order chi connectivity index (χ0) is 12.0. The van der Waals surface area contributed by atoms with Crippen LogP contribution in [0.3, 0.4) is 0 Å². The largest absolute Gasteiger partial charge is 0.450 e. The maximum Gasteiger partial charge on any atom is 0.410 e. The minimum Gasteiger partial charge on any atom is -0.450 e. The van der Waals surface area contributed by atoms with Gasteiger partial charge in [0, 0.05) is 6.54 Å². The van der Waals surface area contributed by atoms with Crippen molar-refractivity contribution in [3.63, 3.8) is 0 Å². The first-order valence-electron chi connectivity index (χ1n) is 5.86. The monoisotopic (exact) mass is 228 g/mol. The van der Waals surface area contributed by atoms with Gasteiger partial charge in [-0.05, 0) is 19.8 Å². The van der Waals surface area contributed by atoms with Gasteiger partial charge in [0.05, 0.1) is 19.2 Å². The molecule has 92 valence electrons. The molecule has 1 atom stereocenters. The van der Waals surface area contributed by atoms with E-state index in [0.29, 0.717) is 19.6 Å². The summed E-state index contributed by atoms with van der Waals surface area (Å²) in [6, 6.07) is -0.383. The zero-order valence-corrected chi connectivity index (χ0v) is 9.78. The molecule has 1 heterocycles. The van der Waals surface area contributed by atoms with Crippen molar-refractivity contribution in [1.29, 1.82) is 0 Å². The summed E-state index contributed by atoms with van der Waals surface area (Å²) < 4.78 is 4.96. The van der Waals surface area contributed by atoms with Gasteiger partial charge in [-0.2, -0.15) is 0 Å². The molecule has 16 heavy (non-hydrogen) atoms. The molecule has 0 aromatic heterocycles. The first-order valence-corrected chi connectivity index (χ1v) is 5.86. The first-order chi connectivity index (χ1) is 7.70. The molecule has 1 rings (SSSR count). The Balaban J connectivity index is 2.72. The van der Waals surface area contributed by atoms with Gasteiger partial charge >= 0.3 is 6.09 Å². The molecule has 0 aromatic carbocycles. The second kappa shape index (κ2) is 6.48. The van der Waals surface area contributed by atoms with Crippen molar-refractivity contribution in [2.45, 2.75) is 38.6 Å². The maximum absolute atomic E-state index is 11.7. The van der Waals surface area contributed by atoms with Crippen LogP contribution in [0.2, 0.25) is 0 Å². The SMILES string of the molecule is CCOC(=O)N1CCCCCC1C(=O)CN. The number of nitrogens with two attached hydrogens (primary N) is 1. The van der Waals surface area contributed by atoms with Crippen molar-refractivity contribution in [3.05, 3.63) is 0 Å². The van der Waals surface area contributed by atoms with E-state index in [4.69, 9.17) is 10.5 Å². The van der Waals surface area contributed by atoms with Crippen LogP contribution < -0.4 is 5.73 Å². The van der Waals surface area contributed by atoms with Crippen LogP contribution in [0.15, 0.2) is 0 Å². The fraction of sp³-hybridized carbons (Fsp3) is 0.818. The van der Waals surface area contributed by atoms with Crippen LogP contribution in [0.25, 0.3) is 0 Å². The van der Waals surface area contributed by atoms with Gasteiger partial charge in [-0.25, -0.2) is 4.79 Å². The summed E-state index contributed by atoms with van der Waals surface area (Å²) >= 11 is 0. The normalized spacial score (nSPS) is 21.4. The van der Waals surface area contributed by atoms with E-state index in [-0.39, 0.29) is 18.4 Å². The lowest BCUT2D eigenvalue weighted by Gasteiger charge is -2.27. The molecule has 0 saturated carbocycles. The van der Waals surface area contributed by atoms with E-state index in [1.54, 1.807) is 6.92 Å². The van der Waals surface area contributed by atoms with Gasteiger partial charge in [-0.3, -0.25) is 9.69 Å². The minimum atomic E-state index is -0.392. The number of amides is 1. The van der Waals surface area contributed by atoms with Crippen LogP contribution in [0, 0.1) is 0 Å². The molecule has 5 heteroatoms. The zero-order valence-electron chi connectivity index (χ0n) is 9.78. The highest BCUT2D eigenvalue weighted by atomic mass is 16.6. The molecule has 2 N–H and O–H groups in total. The summed E-state index contributed by atoms with van der Waals surface area (Å²) in [5.41, 5.74) is 5.36. The van der Waals surface area contributed by atoms with Crippen LogP contribution in [0.4, 0.5) is 4.79 Å². The average molecular weight is 228 g/mol. The third kappa shape index (κ3) is 3.20.